The fraction of sp³-hybridized carbons (Fsp3) is 0.545. The highest BCUT2D eigenvalue weighted by atomic mass is 35.5. The van der Waals surface area contributed by atoms with Crippen LogP contribution in [0.5, 0.6) is 0 Å². The van der Waals surface area contributed by atoms with Crippen LogP contribution in [-0.4, -0.2) is 22.1 Å². The van der Waals surface area contributed by atoms with Gasteiger partial charge in [-0.1, -0.05) is 18.0 Å². The van der Waals surface area contributed by atoms with Gasteiger partial charge in [0.05, 0.1) is 0 Å². The van der Waals surface area contributed by atoms with Crippen LogP contribution in [0.25, 0.3) is 0 Å². The molecule has 5 nitrogen and oxygen atoms in total. The molecule has 1 fully saturated rings. The summed E-state index contributed by atoms with van der Waals surface area (Å²) in [5, 5.41) is 10.5. The maximum absolute atomic E-state index is 11.9. The molecule has 17 heavy (non-hydrogen) atoms. The van der Waals surface area contributed by atoms with E-state index in [1.54, 1.807) is 12.1 Å². The van der Waals surface area contributed by atoms with Crippen LogP contribution < -0.4 is 11.1 Å². The minimum absolute atomic E-state index is 0.0174. The number of halogens is 1. The van der Waals surface area contributed by atoms with E-state index in [9.17, 15) is 4.79 Å². The summed E-state index contributed by atoms with van der Waals surface area (Å²) in [5.41, 5.74) is 5.85. The van der Waals surface area contributed by atoms with Crippen molar-refractivity contribution < 1.29 is 4.79 Å². The quantitative estimate of drug-likeness (QED) is 0.840. The highest BCUT2D eigenvalue weighted by Gasteiger charge is 2.25. The van der Waals surface area contributed by atoms with E-state index in [1.165, 1.54) is 0 Å². The van der Waals surface area contributed by atoms with Crippen LogP contribution >= 0.6 is 11.6 Å². The lowest BCUT2D eigenvalue weighted by Crippen LogP contribution is -2.34. The summed E-state index contributed by atoms with van der Waals surface area (Å²) < 4.78 is 0. The Hall–Kier alpha value is -1.20. The molecule has 1 heterocycles. The van der Waals surface area contributed by atoms with Crippen molar-refractivity contribution in [3.8, 4) is 0 Å². The highest BCUT2D eigenvalue weighted by molar-refractivity contribution is 6.29. The molecule has 2 rings (SSSR count). The second kappa shape index (κ2) is 5.42. The molecule has 0 saturated heterocycles. The van der Waals surface area contributed by atoms with Crippen molar-refractivity contribution >= 4 is 23.3 Å². The van der Waals surface area contributed by atoms with E-state index in [2.05, 4.69) is 15.5 Å². The molecule has 1 aromatic heterocycles. The molecule has 0 aromatic carbocycles. The number of nitrogens with two attached hydrogens (primary N) is 1. The minimum atomic E-state index is -0.0308. The monoisotopic (exact) mass is 254 g/mol. The lowest BCUT2D eigenvalue weighted by atomic mass is 9.85. The number of hydrogen-bond donors (Lipinski definition) is 2. The number of carbonyl (C=O) groups is 1. The van der Waals surface area contributed by atoms with Crippen LogP contribution in [-0.2, 0) is 4.79 Å². The van der Waals surface area contributed by atoms with Crippen molar-refractivity contribution in [2.45, 2.75) is 31.7 Å². The smallest absolute Gasteiger partial charge is 0.228 e. The summed E-state index contributed by atoms with van der Waals surface area (Å²) >= 11 is 5.61. The predicted molar refractivity (Wildman–Crippen MR) is 65.6 cm³/mol. The third-order valence-electron chi connectivity index (χ3n) is 2.97. The number of nitrogens with zero attached hydrogens (tertiary/aromatic N) is 2. The van der Waals surface area contributed by atoms with Gasteiger partial charge in [-0.2, -0.15) is 0 Å². The zero-order valence-electron chi connectivity index (χ0n) is 9.40. The van der Waals surface area contributed by atoms with Gasteiger partial charge in [-0.15, -0.1) is 10.2 Å². The maximum Gasteiger partial charge on any atom is 0.228 e. The van der Waals surface area contributed by atoms with Crippen LogP contribution in [0.1, 0.15) is 25.7 Å². The van der Waals surface area contributed by atoms with Crippen molar-refractivity contribution in [3.05, 3.63) is 17.3 Å². The van der Waals surface area contributed by atoms with Crippen LogP contribution in [0.4, 0.5) is 5.82 Å². The fourth-order valence-corrected chi connectivity index (χ4v) is 2.18. The predicted octanol–water partition coefficient (Wildman–Crippen LogP) is 1.59. The van der Waals surface area contributed by atoms with Crippen molar-refractivity contribution in [2.24, 2.45) is 11.7 Å². The van der Waals surface area contributed by atoms with Gasteiger partial charge >= 0.3 is 0 Å². The number of amides is 1. The molecule has 1 aliphatic carbocycles. The van der Waals surface area contributed by atoms with Crippen molar-refractivity contribution in [1.29, 1.82) is 0 Å². The van der Waals surface area contributed by atoms with E-state index < -0.39 is 0 Å². The molecule has 0 aliphatic heterocycles. The number of nitrogens with one attached hydrogen (secondary N) is 1. The molecule has 6 heteroatoms. The van der Waals surface area contributed by atoms with E-state index in [0.717, 1.165) is 25.7 Å². The van der Waals surface area contributed by atoms with Gasteiger partial charge in [0.1, 0.15) is 0 Å². The van der Waals surface area contributed by atoms with Gasteiger partial charge in [-0.25, -0.2) is 0 Å². The standard InChI is InChI=1S/C11H15ClN4O/c12-9-4-5-10(16-15-9)14-11(17)7-2-1-3-8(13)6-7/h4-5,7-8H,1-3,6,13H2,(H,14,16,17). The first-order valence-corrected chi connectivity index (χ1v) is 6.08. The van der Waals surface area contributed by atoms with E-state index in [4.69, 9.17) is 17.3 Å². The lowest BCUT2D eigenvalue weighted by molar-refractivity contribution is -0.120. The van der Waals surface area contributed by atoms with Gasteiger partial charge in [0.25, 0.3) is 0 Å². The molecule has 0 spiro atoms. The van der Waals surface area contributed by atoms with E-state index in [-0.39, 0.29) is 17.9 Å². The van der Waals surface area contributed by atoms with E-state index in [1.807, 2.05) is 0 Å². The van der Waals surface area contributed by atoms with Crippen molar-refractivity contribution in [3.63, 3.8) is 0 Å². The SMILES string of the molecule is NC1CCCC(C(=O)Nc2ccc(Cl)nn2)C1. The Morgan fingerprint density at radius 3 is 2.88 bits per heavy atom. The zero-order chi connectivity index (χ0) is 12.3. The van der Waals surface area contributed by atoms with Gasteiger partial charge in [0.15, 0.2) is 11.0 Å². The van der Waals surface area contributed by atoms with Crippen molar-refractivity contribution in [1.82, 2.24) is 10.2 Å². The summed E-state index contributed by atoms with van der Waals surface area (Å²) in [6, 6.07) is 3.36. The molecule has 92 valence electrons. The third-order valence-corrected chi connectivity index (χ3v) is 3.17. The Bertz CT molecular complexity index is 395. The maximum atomic E-state index is 11.9. The Morgan fingerprint density at radius 1 is 1.41 bits per heavy atom. The summed E-state index contributed by atoms with van der Waals surface area (Å²) in [6.07, 6.45) is 3.64. The third kappa shape index (κ3) is 3.38. The normalized spacial score (nSPS) is 24.4. The molecule has 2 atom stereocenters. The lowest BCUT2D eigenvalue weighted by Gasteiger charge is -2.25. The molecule has 0 bridgehead atoms. The highest BCUT2D eigenvalue weighted by Crippen LogP contribution is 2.24. The van der Waals surface area contributed by atoms with Gasteiger partial charge < -0.3 is 11.1 Å². The van der Waals surface area contributed by atoms with Crippen LogP contribution in [0.3, 0.4) is 0 Å². The summed E-state index contributed by atoms with van der Waals surface area (Å²) in [4.78, 5) is 11.9. The molecule has 0 radical (unpaired) electrons. The molecule has 3 N–H and O–H groups in total. The Morgan fingerprint density at radius 2 is 2.24 bits per heavy atom. The number of aromatic nitrogens is 2. The number of anilines is 1. The Kier molecular flexibility index (Phi) is 3.91. The first-order valence-electron chi connectivity index (χ1n) is 5.71. The fourth-order valence-electron chi connectivity index (χ4n) is 2.08. The first kappa shape index (κ1) is 12.3. The van der Waals surface area contributed by atoms with Crippen LogP contribution in [0.2, 0.25) is 5.15 Å². The number of rotatable bonds is 2. The number of hydrogen-bond acceptors (Lipinski definition) is 4. The summed E-state index contributed by atoms with van der Waals surface area (Å²) in [7, 11) is 0. The largest absolute Gasteiger partial charge is 0.328 e. The van der Waals surface area contributed by atoms with E-state index >= 15 is 0 Å². The topological polar surface area (TPSA) is 80.9 Å². The average molecular weight is 255 g/mol. The summed E-state index contributed by atoms with van der Waals surface area (Å²) in [5.74, 6) is 0.381. The summed E-state index contributed by atoms with van der Waals surface area (Å²) in [6.45, 7) is 0. The molecular formula is C11H15ClN4O. The van der Waals surface area contributed by atoms with Gasteiger partial charge in [-0.3, -0.25) is 4.79 Å². The van der Waals surface area contributed by atoms with E-state index in [0.29, 0.717) is 11.0 Å². The number of carbonyl (C=O) groups excluding carboxylic acids is 1. The Balaban J connectivity index is 1.94. The molecule has 2 unspecified atom stereocenters. The molecule has 1 amide bonds. The van der Waals surface area contributed by atoms with Gasteiger partial charge in [-0.05, 0) is 31.4 Å². The molecule has 1 aliphatic rings. The van der Waals surface area contributed by atoms with Gasteiger partial charge in [0, 0.05) is 12.0 Å². The molecule has 1 saturated carbocycles. The average Bonchev–Trinajstić information content (AvgIpc) is 2.32. The van der Waals surface area contributed by atoms with Crippen LogP contribution in [0.15, 0.2) is 12.1 Å². The minimum Gasteiger partial charge on any atom is -0.328 e. The first-order chi connectivity index (χ1) is 8.15. The second-order valence-electron chi connectivity index (χ2n) is 4.35. The van der Waals surface area contributed by atoms with Crippen LogP contribution in [0, 0.1) is 5.92 Å². The van der Waals surface area contributed by atoms with Gasteiger partial charge in [0.2, 0.25) is 5.91 Å². The second-order valence-corrected chi connectivity index (χ2v) is 4.74. The molecule has 1 aromatic rings. The zero-order valence-corrected chi connectivity index (χ0v) is 10.2. The Labute approximate surface area is 105 Å². The molecular weight excluding hydrogens is 240 g/mol. The van der Waals surface area contributed by atoms with Crippen molar-refractivity contribution in [2.75, 3.05) is 5.32 Å².